The molecular formula is C23H22N6O2. The van der Waals surface area contributed by atoms with E-state index in [1.807, 2.05) is 30.6 Å². The number of nitrogens with zero attached hydrogens (tertiary/aromatic N) is 3. The Morgan fingerprint density at radius 2 is 2.03 bits per heavy atom. The molecule has 8 nitrogen and oxygen atoms in total. The Bertz CT molecular complexity index is 1390. The summed E-state index contributed by atoms with van der Waals surface area (Å²) in [5.41, 5.74) is 5.02. The molecule has 3 aromatic heterocycles. The number of aromatic amines is 2. The summed E-state index contributed by atoms with van der Waals surface area (Å²) in [6.07, 6.45) is 3.78. The van der Waals surface area contributed by atoms with Crippen molar-refractivity contribution in [3.63, 3.8) is 0 Å². The van der Waals surface area contributed by atoms with Gasteiger partial charge in [-0.25, -0.2) is 9.97 Å². The Hall–Kier alpha value is -3.91. The maximum atomic E-state index is 12.0. The van der Waals surface area contributed by atoms with Crippen LogP contribution in [0.3, 0.4) is 0 Å². The largest absolute Gasteiger partial charge is 0.383 e. The van der Waals surface area contributed by atoms with Crippen molar-refractivity contribution in [1.82, 2.24) is 29.8 Å². The van der Waals surface area contributed by atoms with Gasteiger partial charge in [0.2, 0.25) is 0 Å². The number of methoxy groups -OCH3 is 1. The van der Waals surface area contributed by atoms with E-state index in [4.69, 9.17) is 14.7 Å². The molecule has 156 valence electrons. The Labute approximate surface area is 178 Å². The van der Waals surface area contributed by atoms with Gasteiger partial charge in [-0.1, -0.05) is 12.1 Å². The van der Waals surface area contributed by atoms with E-state index in [0.29, 0.717) is 18.7 Å². The minimum atomic E-state index is -0.142. The minimum absolute atomic E-state index is 0.142. The van der Waals surface area contributed by atoms with Crippen molar-refractivity contribution < 1.29 is 9.53 Å². The number of carbonyl (C=O) groups excluding carboxylic acids is 1. The van der Waals surface area contributed by atoms with E-state index in [1.54, 1.807) is 26.3 Å². The lowest BCUT2D eigenvalue weighted by Gasteiger charge is -2.07. The SMILES string of the molecule is CNC(=O)c1ccc2c(c1)nc(-c1c[nH]c(-c3ccc4cc[nH]c4c3)n1)n2CCOC. The second kappa shape index (κ2) is 7.73. The van der Waals surface area contributed by atoms with Crippen LogP contribution in [0, 0.1) is 0 Å². The lowest BCUT2D eigenvalue weighted by atomic mass is 10.1. The monoisotopic (exact) mass is 414 g/mol. The average Bonchev–Trinajstić information content (AvgIpc) is 3.54. The number of hydrogen-bond donors (Lipinski definition) is 3. The van der Waals surface area contributed by atoms with Crippen LogP contribution in [-0.4, -0.2) is 51.2 Å². The summed E-state index contributed by atoms with van der Waals surface area (Å²) in [5, 5.41) is 3.81. The molecule has 0 aliphatic carbocycles. The smallest absolute Gasteiger partial charge is 0.251 e. The summed E-state index contributed by atoms with van der Waals surface area (Å²) in [7, 11) is 3.29. The lowest BCUT2D eigenvalue weighted by molar-refractivity contribution is 0.0963. The lowest BCUT2D eigenvalue weighted by Crippen LogP contribution is -2.17. The molecule has 0 saturated heterocycles. The number of aromatic nitrogens is 5. The van der Waals surface area contributed by atoms with Crippen molar-refractivity contribution >= 4 is 27.8 Å². The van der Waals surface area contributed by atoms with E-state index in [-0.39, 0.29) is 5.91 Å². The molecule has 31 heavy (non-hydrogen) atoms. The highest BCUT2D eigenvalue weighted by molar-refractivity contribution is 5.97. The molecule has 0 aliphatic rings. The standard InChI is InChI=1S/C23H22N6O2/c1-24-23(30)16-5-6-20-18(12-16)28-22(29(20)9-10-31-2)19-13-26-21(27-19)15-4-3-14-7-8-25-17(14)11-15/h3-8,11-13,25H,9-10H2,1-2H3,(H,24,30)(H,26,27). The number of rotatable bonds is 6. The predicted molar refractivity (Wildman–Crippen MR) is 120 cm³/mol. The third-order valence-electron chi connectivity index (χ3n) is 5.39. The van der Waals surface area contributed by atoms with Crippen molar-refractivity contribution in [3.8, 4) is 22.9 Å². The van der Waals surface area contributed by atoms with Crippen LogP contribution in [-0.2, 0) is 11.3 Å². The molecule has 0 bridgehead atoms. The van der Waals surface area contributed by atoms with Gasteiger partial charge in [0.25, 0.3) is 5.91 Å². The van der Waals surface area contributed by atoms with Gasteiger partial charge < -0.3 is 24.6 Å². The molecular weight excluding hydrogens is 392 g/mol. The first-order valence-electron chi connectivity index (χ1n) is 10.0. The zero-order valence-electron chi connectivity index (χ0n) is 17.3. The van der Waals surface area contributed by atoms with Crippen molar-refractivity contribution in [2.24, 2.45) is 0 Å². The number of hydrogen-bond acceptors (Lipinski definition) is 4. The molecule has 5 aromatic rings. The third kappa shape index (κ3) is 3.36. The number of benzene rings is 2. The van der Waals surface area contributed by atoms with E-state index < -0.39 is 0 Å². The molecule has 0 saturated carbocycles. The molecule has 0 fully saturated rings. The Morgan fingerprint density at radius 3 is 2.87 bits per heavy atom. The summed E-state index contributed by atoms with van der Waals surface area (Å²) >= 11 is 0. The maximum Gasteiger partial charge on any atom is 0.251 e. The van der Waals surface area contributed by atoms with Crippen LogP contribution in [0.5, 0.6) is 0 Å². The molecule has 3 heterocycles. The molecule has 8 heteroatoms. The molecule has 0 atom stereocenters. The molecule has 3 N–H and O–H groups in total. The maximum absolute atomic E-state index is 12.0. The number of imidazole rings is 2. The average molecular weight is 414 g/mol. The van der Waals surface area contributed by atoms with Crippen molar-refractivity contribution in [3.05, 3.63) is 60.4 Å². The zero-order valence-corrected chi connectivity index (χ0v) is 17.3. The number of H-pyrrole nitrogens is 2. The highest BCUT2D eigenvalue weighted by Gasteiger charge is 2.17. The quantitative estimate of drug-likeness (QED) is 0.395. The van der Waals surface area contributed by atoms with Crippen LogP contribution in [0.1, 0.15) is 10.4 Å². The molecule has 2 aromatic carbocycles. The second-order valence-electron chi connectivity index (χ2n) is 7.28. The van der Waals surface area contributed by atoms with Gasteiger partial charge in [0.1, 0.15) is 11.5 Å². The molecule has 0 unspecified atom stereocenters. The fourth-order valence-electron chi connectivity index (χ4n) is 3.80. The highest BCUT2D eigenvalue weighted by atomic mass is 16.5. The van der Waals surface area contributed by atoms with Gasteiger partial charge in [0, 0.05) is 49.7 Å². The highest BCUT2D eigenvalue weighted by Crippen LogP contribution is 2.28. The van der Waals surface area contributed by atoms with E-state index in [1.165, 1.54) is 0 Å². The normalized spacial score (nSPS) is 11.4. The van der Waals surface area contributed by atoms with Gasteiger partial charge in [-0.15, -0.1) is 0 Å². The van der Waals surface area contributed by atoms with Gasteiger partial charge in [-0.05, 0) is 35.7 Å². The number of nitrogens with one attached hydrogen (secondary N) is 3. The molecule has 5 rings (SSSR count). The van der Waals surface area contributed by atoms with Gasteiger partial charge in [-0.2, -0.15) is 0 Å². The van der Waals surface area contributed by atoms with Crippen molar-refractivity contribution in [1.29, 1.82) is 0 Å². The van der Waals surface area contributed by atoms with Crippen molar-refractivity contribution in [2.45, 2.75) is 6.54 Å². The number of fused-ring (bicyclic) bond motifs is 2. The fraction of sp³-hybridized carbons (Fsp3) is 0.174. The molecule has 0 aliphatic heterocycles. The first kappa shape index (κ1) is 19.1. The molecule has 0 radical (unpaired) electrons. The van der Waals surface area contributed by atoms with Crippen LogP contribution in [0.2, 0.25) is 0 Å². The summed E-state index contributed by atoms with van der Waals surface area (Å²) in [6.45, 7) is 1.16. The van der Waals surface area contributed by atoms with Gasteiger partial charge >= 0.3 is 0 Å². The minimum Gasteiger partial charge on any atom is -0.383 e. The van der Waals surface area contributed by atoms with Crippen molar-refractivity contribution in [2.75, 3.05) is 20.8 Å². The Morgan fingerprint density at radius 1 is 1.13 bits per heavy atom. The van der Waals surface area contributed by atoms with Gasteiger partial charge in [-0.3, -0.25) is 4.79 Å². The van der Waals surface area contributed by atoms with E-state index >= 15 is 0 Å². The van der Waals surface area contributed by atoms with Crippen LogP contribution in [0.25, 0.3) is 44.8 Å². The molecule has 1 amide bonds. The van der Waals surface area contributed by atoms with E-state index in [2.05, 4.69) is 32.0 Å². The number of carbonyl (C=O) groups is 1. The molecule has 0 spiro atoms. The summed E-state index contributed by atoms with van der Waals surface area (Å²) in [4.78, 5) is 28.1. The Kier molecular flexibility index (Phi) is 4.76. The summed E-state index contributed by atoms with van der Waals surface area (Å²) < 4.78 is 7.37. The van der Waals surface area contributed by atoms with Crippen LogP contribution in [0.4, 0.5) is 0 Å². The third-order valence-corrected chi connectivity index (χ3v) is 5.39. The van der Waals surface area contributed by atoms with Crippen LogP contribution < -0.4 is 5.32 Å². The van der Waals surface area contributed by atoms with Gasteiger partial charge in [0.05, 0.1) is 17.6 Å². The van der Waals surface area contributed by atoms with E-state index in [9.17, 15) is 4.79 Å². The number of ether oxygens (including phenoxy) is 1. The van der Waals surface area contributed by atoms with E-state index in [0.717, 1.165) is 44.8 Å². The first-order chi connectivity index (χ1) is 15.2. The number of amides is 1. The zero-order chi connectivity index (χ0) is 21.4. The first-order valence-corrected chi connectivity index (χ1v) is 10.0. The summed E-state index contributed by atoms with van der Waals surface area (Å²) in [5.74, 6) is 1.35. The topological polar surface area (TPSA) is 101 Å². The van der Waals surface area contributed by atoms with Crippen LogP contribution in [0.15, 0.2) is 54.9 Å². The van der Waals surface area contributed by atoms with Crippen LogP contribution >= 0.6 is 0 Å². The predicted octanol–water partition coefficient (Wildman–Crippen LogP) is 3.58. The Balaban J connectivity index is 1.59. The summed E-state index contributed by atoms with van der Waals surface area (Å²) in [6, 6.07) is 13.7. The van der Waals surface area contributed by atoms with Gasteiger partial charge in [0.15, 0.2) is 5.82 Å². The fourth-order valence-corrected chi connectivity index (χ4v) is 3.80. The second-order valence-corrected chi connectivity index (χ2v) is 7.28.